The maximum Gasteiger partial charge on any atom is 0.273 e. The zero-order chi connectivity index (χ0) is 17.1. The number of nitrogens with zero attached hydrogens (tertiary/aromatic N) is 4. The standard InChI is InChI=1S/C17H19N5O2/c1-11(10-23)9-19-17(24)16-12(2)22(21-20-16)15-7-3-6-14-13(15)5-4-8-18-14/h3-8,11,23H,9-10H2,1-2H3,(H,19,24). The Bertz CT molecular complexity index is 869. The number of hydrogen-bond acceptors (Lipinski definition) is 5. The monoisotopic (exact) mass is 325 g/mol. The van der Waals surface area contributed by atoms with Crippen molar-refractivity contribution >= 4 is 16.8 Å². The first-order valence-corrected chi connectivity index (χ1v) is 7.77. The third-order valence-corrected chi connectivity index (χ3v) is 3.88. The minimum atomic E-state index is -0.294. The number of aromatic nitrogens is 4. The molecule has 0 fully saturated rings. The van der Waals surface area contributed by atoms with Crippen LogP contribution < -0.4 is 5.32 Å². The van der Waals surface area contributed by atoms with Gasteiger partial charge in [0.2, 0.25) is 0 Å². The molecule has 0 saturated carbocycles. The van der Waals surface area contributed by atoms with Crippen LogP contribution in [0.4, 0.5) is 0 Å². The van der Waals surface area contributed by atoms with Crippen molar-refractivity contribution in [2.24, 2.45) is 5.92 Å². The molecular formula is C17H19N5O2. The van der Waals surface area contributed by atoms with Gasteiger partial charge < -0.3 is 10.4 Å². The zero-order valence-corrected chi connectivity index (χ0v) is 13.6. The highest BCUT2D eigenvalue weighted by atomic mass is 16.3. The van der Waals surface area contributed by atoms with Crippen molar-refractivity contribution in [3.05, 3.63) is 47.9 Å². The summed E-state index contributed by atoms with van der Waals surface area (Å²) >= 11 is 0. The van der Waals surface area contributed by atoms with E-state index >= 15 is 0 Å². The molecule has 1 amide bonds. The highest BCUT2D eigenvalue weighted by molar-refractivity contribution is 5.94. The maximum absolute atomic E-state index is 12.3. The summed E-state index contributed by atoms with van der Waals surface area (Å²) < 4.78 is 1.65. The molecule has 0 radical (unpaired) electrons. The number of carbonyl (C=O) groups excluding carboxylic acids is 1. The number of hydrogen-bond donors (Lipinski definition) is 2. The first-order chi connectivity index (χ1) is 11.6. The highest BCUT2D eigenvalue weighted by Crippen LogP contribution is 2.21. The van der Waals surface area contributed by atoms with Crippen molar-refractivity contribution in [3.8, 4) is 5.69 Å². The fourth-order valence-electron chi connectivity index (χ4n) is 2.45. The average Bonchev–Trinajstić information content (AvgIpc) is 3.00. The first-order valence-electron chi connectivity index (χ1n) is 7.77. The van der Waals surface area contributed by atoms with Gasteiger partial charge in [0.05, 0.1) is 16.9 Å². The molecule has 7 nitrogen and oxygen atoms in total. The van der Waals surface area contributed by atoms with Gasteiger partial charge in [-0.2, -0.15) is 0 Å². The number of pyridine rings is 1. The second kappa shape index (κ2) is 6.76. The Morgan fingerprint density at radius 3 is 2.96 bits per heavy atom. The molecule has 2 heterocycles. The molecule has 7 heteroatoms. The lowest BCUT2D eigenvalue weighted by atomic mass is 10.1. The van der Waals surface area contributed by atoms with Crippen molar-refractivity contribution in [1.29, 1.82) is 0 Å². The lowest BCUT2D eigenvalue weighted by Crippen LogP contribution is -2.30. The maximum atomic E-state index is 12.3. The number of benzene rings is 1. The zero-order valence-electron chi connectivity index (χ0n) is 13.6. The van der Waals surface area contributed by atoms with Gasteiger partial charge in [-0.25, -0.2) is 4.68 Å². The van der Waals surface area contributed by atoms with E-state index in [1.807, 2.05) is 37.3 Å². The molecule has 0 bridgehead atoms. The number of fused-ring (bicyclic) bond motifs is 1. The molecule has 0 aliphatic rings. The molecule has 0 spiro atoms. The quantitative estimate of drug-likeness (QED) is 0.741. The van der Waals surface area contributed by atoms with Crippen molar-refractivity contribution < 1.29 is 9.90 Å². The topological polar surface area (TPSA) is 92.9 Å². The van der Waals surface area contributed by atoms with Gasteiger partial charge in [0.25, 0.3) is 5.91 Å². The molecular weight excluding hydrogens is 306 g/mol. The van der Waals surface area contributed by atoms with Crippen molar-refractivity contribution in [2.75, 3.05) is 13.2 Å². The van der Waals surface area contributed by atoms with Gasteiger partial charge in [-0.3, -0.25) is 9.78 Å². The molecule has 124 valence electrons. The van der Waals surface area contributed by atoms with Gasteiger partial charge in [-0.15, -0.1) is 5.10 Å². The molecule has 2 aromatic heterocycles. The summed E-state index contributed by atoms with van der Waals surface area (Å²) in [6.07, 6.45) is 1.74. The van der Waals surface area contributed by atoms with Crippen LogP contribution in [-0.2, 0) is 0 Å². The molecule has 2 N–H and O–H groups in total. The van der Waals surface area contributed by atoms with Crippen LogP contribution in [-0.4, -0.2) is 44.1 Å². The van der Waals surface area contributed by atoms with Gasteiger partial charge in [0.1, 0.15) is 0 Å². The second-order valence-electron chi connectivity index (χ2n) is 5.78. The van der Waals surface area contributed by atoms with Crippen molar-refractivity contribution in [3.63, 3.8) is 0 Å². The van der Waals surface area contributed by atoms with E-state index in [-0.39, 0.29) is 24.1 Å². The lowest BCUT2D eigenvalue weighted by Gasteiger charge is -2.09. The van der Waals surface area contributed by atoms with Crippen LogP contribution in [0.2, 0.25) is 0 Å². The number of rotatable bonds is 5. The predicted molar refractivity (Wildman–Crippen MR) is 90.0 cm³/mol. The van der Waals surface area contributed by atoms with E-state index in [0.29, 0.717) is 12.2 Å². The molecule has 3 rings (SSSR count). The first kappa shape index (κ1) is 16.1. The third-order valence-electron chi connectivity index (χ3n) is 3.88. The molecule has 0 aliphatic carbocycles. The minimum absolute atomic E-state index is 0.00607. The Morgan fingerprint density at radius 2 is 2.17 bits per heavy atom. The number of nitrogens with one attached hydrogen (secondary N) is 1. The summed E-state index contributed by atoms with van der Waals surface area (Å²) in [5, 5.41) is 20.9. The number of aliphatic hydroxyl groups is 1. The number of aliphatic hydroxyl groups excluding tert-OH is 1. The Morgan fingerprint density at radius 1 is 1.33 bits per heavy atom. The fraction of sp³-hybridized carbons (Fsp3) is 0.294. The molecule has 1 unspecified atom stereocenters. The highest BCUT2D eigenvalue weighted by Gasteiger charge is 2.18. The van der Waals surface area contributed by atoms with Gasteiger partial charge in [0, 0.05) is 24.7 Å². The van der Waals surface area contributed by atoms with Crippen LogP contribution in [0.25, 0.3) is 16.6 Å². The molecule has 3 aromatic rings. The summed E-state index contributed by atoms with van der Waals surface area (Å²) in [4.78, 5) is 16.6. The van der Waals surface area contributed by atoms with Gasteiger partial charge in [-0.1, -0.05) is 18.2 Å². The minimum Gasteiger partial charge on any atom is -0.396 e. The van der Waals surface area contributed by atoms with Crippen LogP contribution in [0.1, 0.15) is 23.1 Å². The molecule has 0 aliphatic heterocycles. The largest absolute Gasteiger partial charge is 0.396 e. The molecule has 24 heavy (non-hydrogen) atoms. The van der Waals surface area contributed by atoms with Gasteiger partial charge in [0.15, 0.2) is 5.69 Å². The average molecular weight is 325 g/mol. The summed E-state index contributed by atoms with van der Waals surface area (Å²) in [5.41, 5.74) is 2.61. The number of carbonyl (C=O) groups is 1. The molecule has 1 aromatic carbocycles. The van der Waals surface area contributed by atoms with E-state index in [1.165, 1.54) is 0 Å². The Kier molecular flexibility index (Phi) is 4.52. The second-order valence-corrected chi connectivity index (χ2v) is 5.78. The predicted octanol–water partition coefficient (Wildman–Crippen LogP) is 1.48. The smallest absolute Gasteiger partial charge is 0.273 e. The van der Waals surface area contributed by atoms with Crippen LogP contribution in [0, 0.1) is 12.8 Å². The van der Waals surface area contributed by atoms with E-state index in [9.17, 15) is 4.79 Å². The van der Waals surface area contributed by atoms with E-state index in [1.54, 1.807) is 17.8 Å². The normalized spacial score (nSPS) is 12.3. The van der Waals surface area contributed by atoms with E-state index in [2.05, 4.69) is 20.6 Å². The lowest BCUT2D eigenvalue weighted by molar-refractivity contribution is 0.0936. The summed E-state index contributed by atoms with van der Waals surface area (Å²) in [6, 6.07) is 9.56. The summed E-state index contributed by atoms with van der Waals surface area (Å²) in [7, 11) is 0. The Balaban J connectivity index is 1.93. The fourth-order valence-corrected chi connectivity index (χ4v) is 2.45. The van der Waals surface area contributed by atoms with Crippen molar-refractivity contribution in [1.82, 2.24) is 25.3 Å². The van der Waals surface area contributed by atoms with Crippen LogP contribution in [0.15, 0.2) is 36.5 Å². The summed E-state index contributed by atoms with van der Waals surface area (Å²) in [5.74, 6) is -0.300. The SMILES string of the molecule is Cc1c(C(=O)NCC(C)CO)nnn1-c1cccc2ncccc12. The Hall–Kier alpha value is -2.80. The molecule has 0 saturated heterocycles. The Labute approximate surface area is 139 Å². The van der Waals surface area contributed by atoms with Gasteiger partial charge >= 0.3 is 0 Å². The van der Waals surface area contributed by atoms with E-state index < -0.39 is 0 Å². The van der Waals surface area contributed by atoms with E-state index in [4.69, 9.17) is 5.11 Å². The van der Waals surface area contributed by atoms with Crippen molar-refractivity contribution in [2.45, 2.75) is 13.8 Å². The summed E-state index contributed by atoms with van der Waals surface area (Å²) in [6.45, 7) is 4.07. The van der Waals surface area contributed by atoms with Gasteiger partial charge in [-0.05, 0) is 37.1 Å². The third kappa shape index (κ3) is 2.98. The van der Waals surface area contributed by atoms with Crippen LogP contribution >= 0.6 is 0 Å². The molecule has 1 atom stereocenters. The van der Waals surface area contributed by atoms with Crippen LogP contribution in [0.3, 0.4) is 0 Å². The van der Waals surface area contributed by atoms with E-state index in [0.717, 1.165) is 16.6 Å². The number of amides is 1. The van der Waals surface area contributed by atoms with Crippen LogP contribution in [0.5, 0.6) is 0 Å².